The van der Waals surface area contributed by atoms with Crippen LogP contribution in [0.1, 0.15) is 328 Å². The van der Waals surface area contributed by atoms with Crippen molar-refractivity contribution in [2.24, 2.45) is 0 Å². The molecule has 0 aromatic heterocycles. The van der Waals surface area contributed by atoms with Gasteiger partial charge in [0.05, 0.1) is 25.4 Å². The maximum atomic E-state index is 12.5. The Kier molecular flexibility index (Phi) is 54.0. The average molecular weight is 919 g/mol. The monoisotopic (exact) mass is 918 g/mol. The fraction of sp³-hybridized carbons (Fsp3) is 0.932. The average Bonchev–Trinajstić information content (AvgIpc) is 3.31. The zero-order valence-electron chi connectivity index (χ0n) is 44.0. The first-order valence-corrected chi connectivity index (χ1v) is 29.4. The van der Waals surface area contributed by atoms with E-state index >= 15 is 0 Å². The lowest BCUT2D eigenvalue weighted by molar-refractivity contribution is -0.143. The van der Waals surface area contributed by atoms with Crippen LogP contribution in [0.2, 0.25) is 0 Å². The molecule has 6 nitrogen and oxygen atoms in total. The number of unbranched alkanes of at least 4 members (excludes halogenated alkanes) is 42. The Balaban J connectivity index is 3.38. The molecule has 0 saturated carbocycles. The fourth-order valence-electron chi connectivity index (χ4n) is 9.28. The Morgan fingerprint density at radius 1 is 0.415 bits per heavy atom. The molecule has 0 heterocycles. The molecule has 3 N–H and O–H groups in total. The number of allylic oxidation sites excluding steroid dienone is 2. The maximum Gasteiger partial charge on any atom is 0.305 e. The van der Waals surface area contributed by atoms with Crippen molar-refractivity contribution >= 4 is 11.9 Å². The second-order valence-electron chi connectivity index (χ2n) is 20.3. The number of nitrogens with one attached hydrogen (secondary N) is 1. The number of ether oxygens (including phenoxy) is 1. The van der Waals surface area contributed by atoms with Gasteiger partial charge < -0.3 is 20.3 Å². The van der Waals surface area contributed by atoms with Crippen molar-refractivity contribution in [1.29, 1.82) is 0 Å². The summed E-state index contributed by atoms with van der Waals surface area (Å²) in [5, 5.41) is 23.2. The SMILES string of the molecule is CCCCCCCC/C=C\CCCCCCCCCC(=O)OCCCCCCCCCCCCCCCCCCCCC(=O)NC(CO)C(O)CCCCCCCCCCCCCCC. The molecule has 0 aromatic rings. The molecular weight excluding hydrogens is 803 g/mol. The summed E-state index contributed by atoms with van der Waals surface area (Å²) in [6, 6.07) is -0.543. The van der Waals surface area contributed by atoms with Crippen LogP contribution in [0, 0.1) is 0 Å². The van der Waals surface area contributed by atoms with Crippen molar-refractivity contribution in [1.82, 2.24) is 5.32 Å². The molecule has 0 aliphatic rings. The molecule has 0 spiro atoms. The van der Waals surface area contributed by atoms with Crippen LogP contribution in [0.5, 0.6) is 0 Å². The highest BCUT2D eigenvalue weighted by Gasteiger charge is 2.20. The van der Waals surface area contributed by atoms with Gasteiger partial charge in [-0.2, -0.15) is 0 Å². The zero-order chi connectivity index (χ0) is 47.2. The van der Waals surface area contributed by atoms with E-state index in [1.54, 1.807) is 0 Å². The molecule has 0 fully saturated rings. The second kappa shape index (κ2) is 55.2. The van der Waals surface area contributed by atoms with E-state index in [1.807, 2.05) is 0 Å². The van der Waals surface area contributed by atoms with Crippen molar-refractivity contribution in [3.8, 4) is 0 Å². The van der Waals surface area contributed by atoms with E-state index in [-0.39, 0.29) is 18.5 Å². The van der Waals surface area contributed by atoms with Gasteiger partial charge in [0.25, 0.3) is 0 Å². The van der Waals surface area contributed by atoms with Gasteiger partial charge in [-0.25, -0.2) is 0 Å². The highest BCUT2D eigenvalue weighted by molar-refractivity contribution is 5.76. The van der Waals surface area contributed by atoms with Gasteiger partial charge in [-0.05, 0) is 51.4 Å². The van der Waals surface area contributed by atoms with Gasteiger partial charge in [0.2, 0.25) is 5.91 Å². The second-order valence-corrected chi connectivity index (χ2v) is 20.3. The summed E-state index contributed by atoms with van der Waals surface area (Å²) in [6.07, 6.45) is 64.9. The number of carbonyl (C=O) groups is 2. The van der Waals surface area contributed by atoms with Crippen molar-refractivity contribution in [2.75, 3.05) is 13.2 Å². The minimum absolute atomic E-state index is 0.00458. The maximum absolute atomic E-state index is 12.5. The van der Waals surface area contributed by atoms with Gasteiger partial charge in [0, 0.05) is 12.8 Å². The first kappa shape index (κ1) is 63.6. The van der Waals surface area contributed by atoms with Crippen molar-refractivity contribution < 1.29 is 24.5 Å². The predicted octanol–water partition coefficient (Wildman–Crippen LogP) is 18.1. The minimum Gasteiger partial charge on any atom is -0.466 e. The van der Waals surface area contributed by atoms with Crippen LogP contribution < -0.4 is 5.32 Å². The van der Waals surface area contributed by atoms with Crippen LogP contribution in [0.4, 0.5) is 0 Å². The summed E-state index contributed by atoms with van der Waals surface area (Å²) in [7, 11) is 0. The highest BCUT2D eigenvalue weighted by Crippen LogP contribution is 2.17. The number of hydrogen-bond acceptors (Lipinski definition) is 5. The Morgan fingerprint density at radius 2 is 0.723 bits per heavy atom. The smallest absolute Gasteiger partial charge is 0.305 e. The highest BCUT2D eigenvalue weighted by atomic mass is 16.5. The molecule has 0 radical (unpaired) electrons. The number of carbonyl (C=O) groups excluding carboxylic acids is 2. The lowest BCUT2D eigenvalue weighted by Gasteiger charge is -2.22. The molecule has 2 unspecified atom stereocenters. The van der Waals surface area contributed by atoms with E-state index in [0.29, 0.717) is 25.9 Å². The molecule has 65 heavy (non-hydrogen) atoms. The van der Waals surface area contributed by atoms with E-state index in [0.717, 1.165) is 44.9 Å². The number of amides is 1. The Bertz CT molecular complexity index is 970. The van der Waals surface area contributed by atoms with Crippen LogP contribution in [0.25, 0.3) is 0 Å². The predicted molar refractivity (Wildman–Crippen MR) is 283 cm³/mol. The number of aliphatic hydroxyl groups excluding tert-OH is 2. The van der Waals surface area contributed by atoms with E-state index in [9.17, 15) is 19.8 Å². The first-order valence-electron chi connectivity index (χ1n) is 29.4. The normalized spacial score (nSPS) is 12.6. The van der Waals surface area contributed by atoms with Crippen LogP contribution in [-0.4, -0.2) is 47.4 Å². The van der Waals surface area contributed by atoms with Crippen LogP contribution in [0.3, 0.4) is 0 Å². The Labute approximate surface area is 406 Å². The fourth-order valence-corrected chi connectivity index (χ4v) is 9.28. The lowest BCUT2D eigenvalue weighted by Crippen LogP contribution is -2.45. The molecular formula is C59H115NO5. The summed E-state index contributed by atoms with van der Waals surface area (Å²) < 4.78 is 5.49. The molecule has 2 atom stereocenters. The van der Waals surface area contributed by atoms with E-state index < -0.39 is 12.1 Å². The summed E-state index contributed by atoms with van der Waals surface area (Å²) in [6.45, 7) is 4.95. The summed E-state index contributed by atoms with van der Waals surface area (Å²) >= 11 is 0. The molecule has 0 saturated heterocycles. The van der Waals surface area contributed by atoms with Crippen LogP contribution >= 0.6 is 0 Å². The number of hydrogen-bond donors (Lipinski definition) is 3. The van der Waals surface area contributed by atoms with Gasteiger partial charge in [0.15, 0.2) is 0 Å². The largest absolute Gasteiger partial charge is 0.466 e. The van der Waals surface area contributed by atoms with Crippen molar-refractivity contribution in [2.45, 2.75) is 341 Å². The minimum atomic E-state index is -0.665. The van der Waals surface area contributed by atoms with Gasteiger partial charge in [-0.15, -0.1) is 0 Å². The lowest BCUT2D eigenvalue weighted by atomic mass is 10.0. The molecule has 0 aliphatic heterocycles. The van der Waals surface area contributed by atoms with Crippen LogP contribution in [0.15, 0.2) is 12.2 Å². The van der Waals surface area contributed by atoms with Gasteiger partial charge >= 0.3 is 5.97 Å². The summed E-state index contributed by atoms with van der Waals surface area (Å²) in [5.74, 6) is -0.0332. The van der Waals surface area contributed by atoms with Crippen molar-refractivity contribution in [3.63, 3.8) is 0 Å². The molecule has 0 rings (SSSR count). The number of esters is 1. The third-order valence-electron chi connectivity index (χ3n) is 13.8. The zero-order valence-corrected chi connectivity index (χ0v) is 44.0. The van der Waals surface area contributed by atoms with Gasteiger partial charge in [0.1, 0.15) is 0 Å². The van der Waals surface area contributed by atoms with E-state index in [1.165, 1.54) is 250 Å². The Morgan fingerprint density at radius 3 is 1.09 bits per heavy atom. The third kappa shape index (κ3) is 51.8. The molecule has 1 amide bonds. The van der Waals surface area contributed by atoms with Crippen LogP contribution in [-0.2, 0) is 14.3 Å². The molecule has 0 aliphatic carbocycles. The van der Waals surface area contributed by atoms with Gasteiger partial charge in [-0.1, -0.05) is 276 Å². The topological polar surface area (TPSA) is 95.9 Å². The quantitative estimate of drug-likeness (QED) is 0.0321. The van der Waals surface area contributed by atoms with E-state index in [2.05, 4.69) is 31.3 Å². The Hall–Kier alpha value is -1.40. The van der Waals surface area contributed by atoms with Gasteiger partial charge in [-0.3, -0.25) is 9.59 Å². The molecule has 386 valence electrons. The van der Waals surface area contributed by atoms with E-state index in [4.69, 9.17) is 4.74 Å². The molecule has 0 bridgehead atoms. The number of aliphatic hydroxyl groups is 2. The number of rotatable bonds is 55. The standard InChI is InChI=1S/C59H115NO5/c1-3-5-7-9-11-13-15-17-18-21-25-29-33-37-41-45-49-53-59(64)65-54-50-46-42-38-34-30-26-23-20-19-22-24-28-32-36-40-44-48-52-58(63)60-56(55-61)57(62)51-47-43-39-35-31-27-16-14-12-10-8-6-4-2/h17-18,56-57,61-62H,3-16,19-55H2,1-2H3,(H,60,63)/b18-17-. The first-order chi connectivity index (χ1) is 32.0. The molecule has 6 heteroatoms. The summed E-state index contributed by atoms with van der Waals surface area (Å²) in [5.41, 5.74) is 0. The summed E-state index contributed by atoms with van der Waals surface area (Å²) in [4.78, 5) is 24.5. The third-order valence-corrected chi connectivity index (χ3v) is 13.8. The molecule has 0 aromatic carbocycles. The van der Waals surface area contributed by atoms with Crippen molar-refractivity contribution in [3.05, 3.63) is 12.2 Å².